The van der Waals surface area contributed by atoms with Gasteiger partial charge in [0, 0.05) is 0 Å². The van der Waals surface area contributed by atoms with Crippen LogP contribution < -0.4 is 0 Å². The molecule has 0 aromatic carbocycles. The summed E-state index contributed by atoms with van der Waals surface area (Å²) in [6.45, 7) is 6.88. The molecular formula is C13H27. The highest BCUT2D eigenvalue weighted by atomic mass is 14.1. The lowest BCUT2D eigenvalue weighted by atomic mass is 9.97. The third kappa shape index (κ3) is 9.92. The molecule has 0 aromatic heterocycles. The minimum Gasteiger partial charge on any atom is -0.0654 e. The van der Waals surface area contributed by atoms with Gasteiger partial charge in [0.2, 0.25) is 0 Å². The maximum absolute atomic E-state index is 2.33. The third-order valence-electron chi connectivity index (χ3n) is 2.66. The Hall–Kier alpha value is 0. The second kappa shape index (κ2) is 10.1. The van der Waals surface area contributed by atoms with Gasteiger partial charge in [-0.25, -0.2) is 0 Å². The molecule has 0 rings (SSSR count). The Morgan fingerprint density at radius 2 is 1.23 bits per heavy atom. The molecule has 0 bridgehead atoms. The zero-order chi connectivity index (χ0) is 9.94. The Labute approximate surface area is 85.1 Å². The normalized spacial score (nSPS) is 11.1. The predicted octanol–water partition coefficient (Wildman–Crippen LogP) is 5.13. The summed E-state index contributed by atoms with van der Waals surface area (Å²) in [6.07, 6.45) is 12.6. The van der Waals surface area contributed by atoms with E-state index in [-0.39, 0.29) is 0 Å². The first-order chi connectivity index (χ1) is 6.31. The van der Waals surface area contributed by atoms with E-state index < -0.39 is 0 Å². The minimum atomic E-state index is 1.34. The van der Waals surface area contributed by atoms with Gasteiger partial charge >= 0.3 is 0 Å². The molecule has 0 heteroatoms. The standard InChI is InChI=1S/C13H27/c1-4-6-8-9-10-12-13(3)11-7-5-2/h4-12H2,1-3H3. The maximum Gasteiger partial charge on any atom is -0.0272 e. The van der Waals surface area contributed by atoms with Crippen LogP contribution >= 0.6 is 0 Å². The Kier molecular flexibility index (Phi) is 10.1. The average Bonchev–Trinajstić information content (AvgIpc) is 2.14. The lowest BCUT2D eigenvalue weighted by molar-refractivity contribution is 0.586. The summed E-state index contributed by atoms with van der Waals surface area (Å²) in [7, 11) is 0. The van der Waals surface area contributed by atoms with Crippen LogP contribution in [-0.4, -0.2) is 0 Å². The van der Waals surface area contributed by atoms with Crippen LogP contribution in [0.25, 0.3) is 0 Å². The maximum atomic E-state index is 2.33. The fourth-order valence-electron chi connectivity index (χ4n) is 1.63. The van der Waals surface area contributed by atoms with Gasteiger partial charge in [-0.05, 0) is 18.8 Å². The molecule has 0 heterocycles. The predicted molar refractivity (Wildman–Crippen MR) is 61.8 cm³/mol. The highest BCUT2D eigenvalue weighted by Crippen LogP contribution is 2.18. The molecule has 0 saturated heterocycles. The van der Waals surface area contributed by atoms with Crippen molar-refractivity contribution in [3.8, 4) is 0 Å². The van der Waals surface area contributed by atoms with Crippen molar-refractivity contribution in [1.82, 2.24) is 0 Å². The minimum absolute atomic E-state index is 1.34. The lowest BCUT2D eigenvalue weighted by Crippen LogP contribution is -1.91. The Bertz CT molecular complexity index is 86.0. The van der Waals surface area contributed by atoms with Crippen molar-refractivity contribution in [2.45, 2.75) is 78.6 Å². The topological polar surface area (TPSA) is 0 Å². The van der Waals surface area contributed by atoms with Gasteiger partial charge in [0.25, 0.3) is 0 Å². The van der Waals surface area contributed by atoms with Gasteiger partial charge in [0.1, 0.15) is 0 Å². The highest BCUT2D eigenvalue weighted by molar-refractivity contribution is 4.82. The van der Waals surface area contributed by atoms with E-state index in [9.17, 15) is 0 Å². The zero-order valence-corrected chi connectivity index (χ0v) is 9.86. The second-order valence-electron chi connectivity index (χ2n) is 4.22. The van der Waals surface area contributed by atoms with Gasteiger partial charge in [-0.2, -0.15) is 0 Å². The molecule has 1 radical (unpaired) electrons. The van der Waals surface area contributed by atoms with Gasteiger partial charge in [-0.1, -0.05) is 65.7 Å². The van der Waals surface area contributed by atoms with Crippen molar-refractivity contribution >= 4 is 0 Å². The van der Waals surface area contributed by atoms with Crippen LogP contribution in [0.1, 0.15) is 78.6 Å². The molecule has 0 aliphatic rings. The van der Waals surface area contributed by atoms with Gasteiger partial charge in [0.15, 0.2) is 0 Å². The van der Waals surface area contributed by atoms with Crippen LogP contribution in [0.15, 0.2) is 0 Å². The van der Waals surface area contributed by atoms with Crippen molar-refractivity contribution in [3.63, 3.8) is 0 Å². The SMILES string of the molecule is CCCCCCC[C](C)CCCC. The molecule has 0 aliphatic carbocycles. The molecule has 0 aromatic rings. The summed E-state index contributed by atoms with van der Waals surface area (Å²) in [5.41, 5.74) is 0. The summed E-state index contributed by atoms with van der Waals surface area (Å²) in [5.74, 6) is 1.72. The van der Waals surface area contributed by atoms with E-state index in [1.807, 2.05) is 0 Å². The van der Waals surface area contributed by atoms with E-state index in [2.05, 4.69) is 20.8 Å². The Balaban J connectivity index is 3.03. The van der Waals surface area contributed by atoms with Crippen LogP contribution in [0.2, 0.25) is 0 Å². The van der Waals surface area contributed by atoms with Crippen molar-refractivity contribution in [3.05, 3.63) is 5.92 Å². The van der Waals surface area contributed by atoms with Gasteiger partial charge in [-0.3, -0.25) is 0 Å². The smallest absolute Gasteiger partial charge is 0.0272 e. The Morgan fingerprint density at radius 1 is 0.692 bits per heavy atom. The van der Waals surface area contributed by atoms with Crippen molar-refractivity contribution < 1.29 is 0 Å². The van der Waals surface area contributed by atoms with Crippen LogP contribution in [0.4, 0.5) is 0 Å². The van der Waals surface area contributed by atoms with Crippen LogP contribution in [0, 0.1) is 5.92 Å². The molecule has 0 N–H and O–H groups in total. The Morgan fingerprint density at radius 3 is 1.85 bits per heavy atom. The third-order valence-corrected chi connectivity index (χ3v) is 2.66. The highest BCUT2D eigenvalue weighted by Gasteiger charge is 2.00. The van der Waals surface area contributed by atoms with E-state index in [1.54, 1.807) is 5.92 Å². The summed E-state index contributed by atoms with van der Waals surface area (Å²) < 4.78 is 0. The van der Waals surface area contributed by atoms with E-state index in [4.69, 9.17) is 0 Å². The molecule has 0 fully saturated rings. The first kappa shape index (κ1) is 13.0. The first-order valence-electron chi connectivity index (χ1n) is 6.12. The van der Waals surface area contributed by atoms with Crippen LogP contribution in [-0.2, 0) is 0 Å². The lowest BCUT2D eigenvalue weighted by Gasteiger charge is -2.09. The molecule has 13 heavy (non-hydrogen) atoms. The molecule has 79 valence electrons. The fraction of sp³-hybridized carbons (Fsp3) is 0.923. The monoisotopic (exact) mass is 183 g/mol. The van der Waals surface area contributed by atoms with Crippen molar-refractivity contribution in [2.75, 3.05) is 0 Å². The van der Waals surface area contributed by atoms with Gasteiger partial charge < -0.3 is 0 Å². The second-order valence-corrected chi connectivity index (χ2v) is 4.22. The number of hydrogen-bond donors (Lipinski definition) is 0. The summed E-state index contributed by atoms with van der Waals surface area (Å²) in [4.78, 5) is 0. The summed E-state index contributed by atoms with van der Waals surface area (Å²) in [6, 6.07) is 0. The quantitative estimate of drug-likeness (QED) is 0.435. The van der Waals surface area contributed by atoms with Crippen LogP contribution in [0.5, 0.6) is 0 Å². The summed E-state index contributed by atoms with van der Waals surface area (Å²) in [5, 5.41) is 0. The molecule has 0 atom stereocenters. The average molecular weight is 183 g/mol. The molecule has 0 amide bonds. The first-order valence-corrected chi connectivity index (χ1v) is 6.12. The molecule has 0 saturated carbocycles. The fourth-order valence-corrected chi connectivity index (χ4v) is 1.63. The van der Waals surface area contributed by atoms with Gasteiger partial charge in [0.05, 0.1) is 0 Å². The van der Waals surface area contributed by atoms with E-state index >= 15 is 0 Å². The summed E-state index contributed by atoms with van der Waals surface area (Å²) >= 11 is 0. The largest absolute Gasteiger partial charge is 0.0654 e. The molecule has 0 spiro atoms. The van der Waals surface area contributed by atoms with Gasteiger partial charge in [-0.15, -0.1) is 0 Å². The van der Waals surface area contributed by atoms with Crippen molar-refractivity contribution in [2.24, 2.45) is 0 Å². The number of unbranched alkanes of at least 4 members (excludes halogenated alkanes) is 5. The van der Waals surface area contributed by atoms with E-state index in [1.165, 1.54) is 57.8 Å². The van der Waals surface area contributed by atoms with Crippen molar-refractivity contribution in [1.29, 1.82) is 0 Å². The zero-order valence-electron chi connectivity index (χ0n) is 9.86. The van der Waals surface area contributed by atoms with E-state index in [0.29, 0.717) is 0 Å². The molecular weight excluding hydrogens is 156 g/mol. The molecule has 0 unspecified atom stereocenters. The molecule has 0 aliphatic heterocycles. The number of hydrogen-bond acceptors (Lipinski definition) is 0. The van der Waals surface area contributed by atoms with Crippen LogP contribution in [0.3, 0.4) is 0 Å². The number of rotatable bonds is 9. The van der Waals surface area contributed by atoms with E-state index in [0.717, 1.165) is 0 Å². The molecule has 0 nitrogen and oxygen atoms in total.